The van der Waals surface area contributed by atoms with E-state index in [-0.39, 0.29) is 0 Å². The molecule has 0 heterocycles. The number of hydrogen-bond acceptors (Lipinski definition) is 0. The SMILES string of the molecule is CCCCCCCCC=CCBr. The van der Waals surface area contributed by atoms with Crippen LogP contribution in [0.4, 0.5) is 0 Å². The summed E-state index contributed by atoms with van der Waals surface area (Å²) in [5, 5.41) is 1.00. The number of unbranched alkanes of at least 4 members (excludes halogenated alkanes) is 6. The smallest absolute Gasteiger partial charge is 0.0212 e. The first kappa shape index (κ1) is 12.2. The molecule has 0 spiro atoms. The zero-order chi connectivity index (χ0) is 9.07. The first-order chi connectivity index (χ1) is 5.91. The average molecular weight is 233 g/mol. The molecular weight excluding hydrogens is 212 g/mol. The second-order valence-corrected chi connectivity index (χ2v) is 3.83. The van der Waals surface area contributed by atoms with Gasteiger partial charge in [-0.2, -0.15) is 0 Å². The normalized spacial score (nSPS) is 11.2. The Balaban J connectivity index is 2.86. The molecule has 0 aromatic rings. The molecule has 0 atom stereocenters. The van der Waals surface area contributed by atoms with E-state index in [2.05, 4.69) is 35.0 Å². The Morgan fingerprint density at radius 3 is 2.25 bits per heavy atom. The van der Waals surface area contributed by atoms with Gasteiger partial charge in [0.25, 0.3) is 0 Å². The van der Waals surface area contributed by atoms with Crippen LogP contribution in [0.15, 0.2) is 12.2 Å². The van der Waals surface area contributed by atoms with Crippen molar-refractivity contribution in [2.75, 3.05) is 5.33 Å². The van der Waals surface area contributed by atoms with Gasteiger partial charge in [-0.05, 0) is 12.8 Å². The fourth-order valence-electron chi connectivity index (χ4n) is 1.22. The van der Waals surface area contributed by atoms with E-state index in [1.54, 1.807) is 0 Å². The van der Waals surface area contributed by atoms with E-state index in [0.29, 0.717) is 0 Å². The number of alkyl halides is 1. The third-order valence-electron chi connectivity index (χ3n) is 1.98. The minimum Gasteiger partial charge on any atom is -0.0883 e. The van der Waals surface area contributed by atoms with Crippen LogP contribution in [0.2, 0.25) is 0 Å². The maximum absolute atomic E-state index is 3.37. The molecular formula is C11H21Br. The summed E-state index contributed by atoms with van der Waals surface area (Å²) in [5.74, 6) is 0. The fourth-order valence-corrected chi connectivity index (χ4v) is 1.49. The van der Waals surface area contributed by atoms with Crippen LogP contribution < -0.4 is 0 Å². The summed E-state index contributed by atoms with van der Waals surface area (Å²) in [6, 6.07) is 0. The van der Waals surface area contributed by atoms with E-state index < -0.39 is 0 Å². The molecule has 0 aliphatic heterocycles. The van der Waals surface area contributed by atoms with Gasteiger partial charge >= 0.3 is 0 Å². The van der Waals surface area contributed by atoms with Gasteiger partial charge in [0.1, 0.15) is 0 Å². The van der Waals surface area contributed by atoms with E-state index in [1.807, 2.05) is 0 Å². The van der Waals surface area contributed by atoms with E-state index in [0.717, 1.165) is 5.33 Å². The minimum atomic E-state index is 1.00. The fraction of sp³-hybridized carbons (Fsp3) is 0.818. The van der Waals surface area contributed by atoms with E-state index in [1.165, 1.54) is 44.9 Å². The lowest BCUT2D eigenvalue weighted by atomic mass is 10.1. The third kappa shape index (κ3) is 10.2. The molecule has 0 unspecified atom stereocenters. The van der Waals surface area contributed by atoms with Crippen molar-refractivity contribution < 1.29 is 0 Å². The summed E-state index contributed by atoms with van der Waals surface area (Å²) < 4.78 is 0. The highest BCUT2D eigenvalue weighted by Gasteiger charge is 1.87. The van der Waals surface area contributed by atoms with Crippen LogP contribution in [0.3, 0.4) is 0 Å². The van der Waals surface area contributed by atoms with Crippen molar-refractivity contribution in [2.24, 2.45) is 0 Å². The molecule has 12 heavy (non-hydrogen) atoms. The average Bonchev–Trinajstić information content (AvgIpc) is 2.10. The van der Waals surface area contributed by atoms with Gasteiger partial charge in [0.05, 0.1) is 0 Å². The third-order valence-corrected chi connectivity index (χ3v) is 2.35. The second-order valence-electron chi connectivity index (χ2n) is 3.18. The molecule has 0 radical (unpaired) electrons. The van der Waals surface area contributed by atoms with Crippen molar-refractivity contribution in [1.82, 2.24) is 0 Å². The highest BCUT2D eigenvalue weighted by Crippen LogP contribution is 2.07. The second kappa shape index (κ2) is 11.2. The topological polar surface area (TPSA) is 0 Å². The Morgan fingerprint density at radius 2 is 1.58 bits per heavy atom. The summed E-state index contributed by atoms with van der Waals surface area (Å²) in [4.78, 5) is 0. The summed E-state index contributed by atoms with van der Waals surface area (Å²) in [6.07, 6.45) is 14.1. The molecule has 0 aliphatic carbocycles. The van der Waals surface area contributed by atoms with Crippen LogP contribution >= 0.6 is 15.9 Å². The molecule has 0 saturated heterocycles. The molecule has 0 fully saturated rings. The molecule has 1 heteroatoms. The van der Waals surface area contributed by atoms with Crippen molar-refractivity contribution >= 4 is 15.9 Å². The van der Waals surface area contributed by atoms with Crippen LogP contribution in [-0.2, 0) is 0 Å². The Labute approximate surface area is 85.6 Å². The van der Waals surface area contributed by atoms with Crippen molar-refractivity contribution in [1.29, 1.82) is 0 Å². The number of allylic oxidation sites excluding steroid dienone is 2. The predicted octanol–water partition coefficient (Wildman–Crippen LogP) is 4.69. The summed E-state index contributed by atoms with van der Waals surface area (Å²) >= 11 is 3.37. The zero-order valence-electron chi connectivity index (χ0n) is 8.19. The van der Waals surface area contributed by atoms with Gasteiger partial charge in [-0.3, -0.25) is 0 Å². The largest absolute Gasteiger partial charge is 0.0883 e. The van der Waals surface area contributed by atoms with Gasteiger partial charge in [0.2, 0.25) is 0 Å². The van der Waals surface area contributed by atoms with Gasteiger partial charge in [0.15, 0.2) is 0 Å². The first-order valence-corrected chi connectivity index (χ1v) is 6.25. The van der Waals surface area contributed by atoms with Gasteiger partial charge in [0, 0.05) is 5.33 Å². The molecule has 0 nitrogen and oxygen atoms in total. The lowest BCUT2D eigenvalue weighted by Crippen LogP contribution is -1.77. The van der Waals surface area contributed by atoms with Crippen LogP contribution in [0.5, 0.6) is 0 Å². The van der Waals surface area contributed by atoms with Crippen LogP contribution in [0.1, 0.15) is 51.9 Å². The lowest BCUT2D eigenvalue weighted by molar-refractivity contribution is 0.611. The molecule has 0 saturated carbocycles. The molecule has 72 valence electrons. The zero-order valence-corrected chi connectivity index (χ0v) is 9.78. The van der Waals surface area contributed by atoms with E-state index in [9.17, 15) is 0 Å². The lowest BCUT2D eigenvalue weighted by Gasteiger charge is -1.97. The number of hydrogen-bond donors (Lipinski definition) is 0. The van der Waals surface area contributed by atoms with Gasteiger partial charge in [-0.15, -0.1) is 0 Å². The highest BCUT2D eigenvalue weighted by molar-refractivity contribution is 9.09. The molecule has 0 aromatic carbocycles. The monoisotopic (exact) mass is 232 g/mol. The van der Waals surface area contributed by atoms with Crippen molar-refractivity contribution in [3.8, 4) is 0 Å². The molecule has 0 rings (SSSR count). The highest BCUT2D eigenvalue weighted by atomic mass is 79.9. The van der Waals surface area contributed by atoms with E-state index >= 15 is 0 Å². The Bertz CT molecular complexity index is 97.2. The van der Waals surface area contributed by atoms with Crippen LogP contribution in [-0.4, -0.2) is 5.33 Å². The van der Waals surface area contributed by atoms with Crippen molar-refractivity contribution in [3.05, 3.63) is 12.2 Å². The maximum atomic E-state index is 3.37. The number of halogens is 1. The predicted molar refractivity (Wildman–Crippen MR) is 60.9 cm³/mol. The quantitative estimate of drug-likeness (QED) is 0.324. The molecule has 0 aliphatic rings. The molecule has 0 aromatic heterocycles. The van der Waals surface area contributed by atoms with Gasteiger partial charge in [-0.1, -0.05) is 67.1 Å². The molecule has 0 N–H and O–H groups in total. The van der Waals surface area contributed by atoms with Gasteiger partial charge < -0.3 is 0 Å². The van der Waals surface area contributed by atoms with Crippen molar-refractivity contribution in [2.45, 2.75) is 51.9 Å². The standard InChI is InChI=1S/C11H21Br/c1-2-3-4-5-6-7-8-9-10-11-12/h9-10H,2-8,11H2,1H3. The first-order valence-electron chi connectivity index (χ1n) is 5.12. The van der Waals surface area contributed by atoms with E-state index in [4.69, 9.17) is 0 Å². The summed E-state index contributed by atoms with van der Waals surface area (Å²) in [7, 11) is 0. The van der Waals surface area contributed by atoms with Crippen LogP contribution in [0.25, 0.3) is 0 Å². The Hall–Kier alpha value is 0.220. The van der Waals surface area contributed by atoms with Gasteiger partial charge in [-0.25, -0.2) is 0 Å². The molecule has 0 bridgehead atoms. The Morgan fingerprint density at radius 1 is 0.917 bits per heavy atom. The summed E-state index contributed by atoms with van der Waals surface area (Å²) in [6.45, 7) is 2.26. The Kier molecular flexibility index (Phi) is 11.4. The number of rotatable bonds is 8. The van der Waals surface area contributed by atoms with Crippen LogP contribution in [0, 0.1) is 0 Å². The molecule has 0 amide bonds. The van der Waals surface area contributed by atoms with Crippen molar-refractivity contribution in [3.63, 3.8) is 0 Å². The minimum absolute atomic E-state index is 1.00. The maximum Gasteiger partial charge on any atom is 0.0212 e. The summed E-state index contributed by atoms with van der Waals surface area (Å²) in [5.41, 5.74) is 0.